The molecule has 0 amide bonds. The lowest BCUT2D eigenvalue weighted by Crippen LogP contribution is -2.39. The summed E-state index contributed by atoms with van der Waals surface area (Å²) in [6, 6.07) is 20.9. The van der Waals surface area contributed by atoms with Crippen LogP contribution in [0.1, 0.15) is 24.9 Å². The number of aliphatic imine (C=N–C) groups is 1. The zero-order valence-electron chi connectivity index (χ0n) is 14.3. The minimum absolute atomic E-state index is 0. The van der Waals surface area contributed by atoms with Gasteiger partial charge >= 0.3 is 0 Å². The van der Waals surface area contributed by atoms with E-state index < -0.39 is 0 Å². The summed E-state index contributed by atoms with van der Waals surface area (Å²) in [7, 11) is 1.80. The van der Waals surface area contributed by atoms with Crippen LogP contribution in [-0.2, 0) is 0 Å². The molecule has 2 aromatic carbocycles. The van der Waals surface area contributed by atoms with Crippen molar-refractivity contribution in [3.8, 4) is 0 Å². The van der Waals surface area contributed by atoms with Gasteiger partial charge in [0.2, 0.25) is 0 Å². The van der Waals surface area contributed by atoms with Gasteiger partial charge in [-0.15, -0.1) is 24.0 Å². The molecule has 130 valence electrons. The van der Waals surface area contributed by atoms with Crippen LogP contribution < -0.4 is 16.0 Å². The van der Waals surface area contributed by atoms with E-state index in [0.29, 0.717) is 0 Å². The van der Waals surface area contributed by atoms with Gasteiger partial charge in [-0.2, -0.15) is 0 Å². The topological polar surface area (TPSA) is 48.5 Å². The van der Waals surface area contributed by atoms with Crippen LogP contribution in [-0.4, -0.2) is 26.1 Å². The van der Waals surface area contributed by atoms with E-state index in [4.69, 9.17) is 0 Å². The first-order chi connectivity index (χ1) is 11.3. The predicted octanol–water partition coefficient (Wildman–Crippen LogP) is 4.03. The highest BCUT2D eigenvalue weighted by atomic mass is 127. The molecule has 2 rings (SSSR count). The predicted molar refractivity (Wildman–Crippen MR) is 114 cm³/mol. The number of guanidine groups is 1. The third-order valence-electron chi connectivity index (χ3n) is 3.63. The molecule has 0 spiro atoms. The second-order valence-electron chi connectivity index (χ2n) is 5.42. The van der Waals surface area contributed by atoms with Crippen LogP contribution in [0, 0.1) is 0 Å². The maximum absolute atomic E-state index is 4.28. The van der Waals surface area contributed by atoms with E-state index in [1.165, 1.54) is 5.56 Å². The first-order valence-corrected chi connectivity index (χ1v) is 8.10. The summed E-state index contributed by atoms with van der Waals surface area (Å²) in [5.41, 5.74) is 2.41. The van der Waals surface area contributed by atoms with E-state index in [-0.39, 0.29) is 30.0 Å². The number of halogens is 1. The van der Waals surface area contributed by atoms with Gasteiger partial charge < -0.3 is 16.0 Å². The number of nitrogens with zero attached hydrogens (tertiary/aromatic N) is 1. The molecular weight excluding hydrogens is 411 g/mol. The lowest BCUT2D eigenvalue weighted by molar-refractivity contribution is 0.679. The van der Waals surface area contributed by atoms with Crippen molar-refractivity contribution in [2.75, 3.05) is 25.5 Å². The number of anilines is 1. The maximum Gasteiger partial charge on any atom is 0.191 e. The Bertz CT molecular complexity index is 587. The molecule has 0 radical (unpaired) electrons. The van der Waals surface area contributed by atoms with Crippen molar-refractivity contribution < 1.29 is 0 Å². The monoisotopic (exact) mass is 438 g/mol. The van der Waals surface area contributed by atoms with Gasteiger partial charge in [0.1, 0.15) is 0 Å². The second-order valence-corrected chi connectivity index (χ2v) is 5.42. The number of hydrogen-bond acceptors (Lipinski definition) is 2. The fourth-order valence-electron chi connectivity index (χ4n) is 2.31. The summed E-state index contributed by atoms with van der Waals surface area (Å²) in [5, 5.41) is 10.2. The van der Waals surface area contributed by atoms with E-state index in [2.05, 4.69) is 64.3 Å². The zero-order chi connectivity index (χ0) is 16.3. The Hall–Kier alpha value is -1.76. The highest BCUT2D eigenvalue weighted by Gasteiger charge is 2.06. The van der Waals surface area contributed by atoms with Gasteiger partial charge in [-0.25, -0.2) is 0 Å². The van der Waals surface area contributed by atoms with Crippen LogP contribution >= 0.6 is 24.0 Å². The Balaban J connectivity index is 0.00000288. The lowest BCUT2D eigenvalue weighted by atomic mass is 10.1. The minimum Gasteiger partial charge on any atom is -0.385 e. The highest BCUT2D eigenvalue weighted by molar-refractivity contribution is 14.0. The Morgan fingerprint density at radius 2 is 1.58 bits per heavy atom. The smallest absolute Gasteiger partial charge is 0.191 e. The third kappa shape index (κ3) is 7.21. The molecule has 2 aromatic rings. The van der Waals surface area contributed by atoms with Crippen LogP contribution in [0.3, 0.4) is 0 Å². The van der Waals surface area contributed by atoms with E-state index in [1.807, 2.05) is 24.3 Å². The largest absolute Gasteiger partial charge is 0.385 e. The van der Waals surface area contributed by atoms with Crippen LogP contribution in [0.5, 0.6) is 0 Å². The van der Waals surface area contributed by atoms with Crippen molar-refractivity contribution in [2.24, 2.45) is 4.99 Å². The minimum atomic E-state index is 0. The fourth-order valence-corrected chi connectivity index (χ4v) is 2.31. The summed E-state index contributed by atoms with van der Waals surface area (Å²) >= 11 is 0. The SMILES string of the molecule is CN=C(NCCCNc1ccccc1)NC(C)c1ccccc1.I. The summed E-state index contributed by atoms with van der Waals surface area (Å²) in [6.07, 6.45) is 1.02. The quantitative estimate of drug-likeness (QED) is 0.265. The van der Waals surface area contributed by atoms with Crippen LogP contribution in [0.25, 0.3) is 0 Å². The number of rotatable bonds is 7. The molecule has 0 aliphatic heterocycles. The molecule has 0 heterocycles. The highest BCUT2D eigenvalue weighted by Crippen LogP contribution is 2.10. The van der Waals surface area contributed by atoms with Gasteiger partial charge in [0.05, 0.1) is 6.04 Å². The molecule has 1 atom stereocenters. The number of benzene rings is 2. The van der Waals surface area contributed by atoms with Crippen molar-refractivity contribution in [3.05, 3.63) is 66.2 Å². The molecule has 4 nitrogen and oxygen atoms in total. The summed E-state index contributed by atoms with van der Waals surface area (Å²) in [6.45, 7) is 3.95. The van der Waals surface area contributed by atoms with Gasteiger partial charge in [0.25, 0.3) is 0 Å². The third-order valence-corrected chi connectivity index (χ3v) is 3.63. The molecule has 0 saturated carbocycles. The molecule has 0 aliphatic carbocycles. The molecule has 5 heteroatoms. The van der Waals surface area contributed by atoms with E-state index >= 15 is 0 Å². The van der Waals surface area contributed by atoms with Crippen LogP contribution in [0.15, 0.2) is 65.7 Å². The average molecular weight is 438 g/mol. The molecule has 0 fully saturated rings. The Morgan fingerprint density at radius 3 is 2.21 bits per heavy atom. The van der Waals surface area contributed by atoms with Gasteiger partial charge in [0, 0.05) is 25.8 Å². The molecule has 1 unspecified atom stereocenters. The van der Waals surface area contributed by atoms with Gasteiger partial charge in [0.15, 0.2) is 5.96 Å². The van der Waals surface area contributed by atoms with Crippen molar-refractivity contribution in [1.29, 1.82) is 0 Å². The Kier molecular flexibility index (Phi) is 9.91. The molecule has 24 heavy (non-hydrogen) atoms. The van der Waals surface area contributed by atoms with Crippen molar-refractivity contribution >= 4 is 35.6 Å². The summed E-state index contributed by atoms with van der Waals surface area (Å²) in [5.74, 6) is 0.834. The van der Waals surface area contributed by atoms with E-state index in [9.17, 15) is 0 Å². The average Bonchev–Trinajstić information content (AvgIpc) is 2.62. The molecule has 0 bridgehead atoms. The number of nitrogens with one attached hydrogen (secondary N) is 3. The van der Waals surface area contributed by atoms with Crippen molar-refractivity contribution in [1.82, 2.24) is 10.6 Å². The van der Waals surface area contributed by atoms with Crippen molar-refractivity contribution in [2.45, 2.75) is 19.4 Å². The summed E-state index contributed by atoms with van der Waals surface area (Å²) in [4.78, 5) is 4.28. The molecular formula is C19H27IN4. The number of para-hydroxylation sites is 1. The zero-order valence-corrected chi connectivity index (χ0v) is 16.7. The molecule has 0 aromatic heterocycles. The van der Waals surface area contributed by atoms with Crippen LogP contribution in [0.2, 0.25) is 0 Å². The fraction of sp³-hybridized carbons (Fsp3) is 0.316. The van der Waals surface area contributed by atoms with Crippen LogP contribution in [0.4, 0.5) is 5.69 Å². The summed E-state index contributed by atoms with van der Waals surface area (Å²) < 4.78 is 0. The molecule has 0 aliphatic rings. The second kappa shape index (κ2) is 11.7. The van der Waals surface area contributed by atoms with E-state index in [1.54, 1.807) is 7.05 Å². The van der Waals surface area contributed by atoms with Gasteiger partial charge in [-0.1, -0.05) is 48.5 Å². The Morgan fingerprint density at radius 1 is 0.958 bits per heavy atom. The Labute approximate surface area is 162 Å². The van der Waals surface area contributed by atoms with Crippen molar-refractivity contribution in [3.63, 3.8) is 0 Å². The van der Waals surface area contributed by atoms with Gasteiger partial charge in [-0.05, 0) is 31.0 Å². The van der Waals surface area contributed by atoms with Gasteiger partial charge in [-0.3, -0.25) is 4.99 Å². The maximum atomic E-state index is 4.28. The molecule has 0 saturated heterocycles. The normalized spacial score (nSPS) is 12.0. The lowest BCUT2D eigenvalue weighted by Gasteiger charge is -2.18. The number of hydrogen-bond donors (Lipinski definition) is 3. The first-order valence-electron chi connectivity index (χ1n) is 8.10. The van der Waals surface area contributed by atoms with E-state index in [0.717, 1.165) is 31.2 Å². The first kappa shape index (κ1) is 20.3. The molecule has 3 N–H and O–H groups in total. The standard InChI is InChI=1S/C19H26N4.HI/c1-16(17-10-5-3-6-11-17)23-19(20-2)22-15-9-14-21-18-12-7-4-8-13-18;/h3-8,10-13,16,21H,9,14-15H2,1-2H3,(H2,20,22,23);1H.